The molecule has 0 aromatic heterocycles. The zero-order valence-electron chi connectivity index (χ0n) is 12.1. The molecule has 2 rings (SSSR count). The molecule has 0 bridgehead atoms. The van der Waals surface area contributed by atoms with E-state index in [-0.39, 0.29) is 5.91 Å². The molecule has 1 aromatic carbocycles. The summed E-state index contributed by atoms with van der Waals surface area (Å²) < 4.78 is 0. The van der Waals surface area contributed by atoms with Crippen LogP contribution in [0.3, 0.4) is 0 Å². The summed E-state index contributed by atoms with van der Waals surface area (Å²) in [6, 6.07) is 8.19. The Hall–Kier alpha value is -1.31. The molecule has 1 N–H and O–H groups in total. The van der Waals surface area contributed by atoms with Gasteiger partial charge in [-0.1, -0.05) is 51.7 Å². The summed E-state index contributed by atoms with van der Waals surface area (Å²) in [5.41, 5.74) is 2.23. The molecule has 1 saturated carbocycles. The molecule has 2 heteroatoms. The van der Waals surface area contributed by atoms with E-state index in [0.29, 0.717) is 12.3 Å². The number of carbonyl (C=O) groups is 1. The lowest BCUT2D eigenvalue weighted by molar-refractivity contribution is -0.116. The maximum atomic E-state index is 11.9. The third-order valence-electron chi connectivity index (χ3n) is 4.12. The first-order valence-electron chi connectivity index (χ1n) is 7.55. The topological polar surface area (TPSA) is 29.1 Å². The van der Waals surface area contributed by atoms with Crippen molar-refractivity contribution in [2.75, 3.05) is 5.32 Å². The molecule has 0 saturated heterocycles. The fraction of sp³-hybridized carbons (Fsp3) is 0.588. The van der Waals surface area contributed by atoms with E-state index in [2.05, 4.69) is 31.3 Å². The smallest absolute Gasteiger partial charge is 0.224 e. The molecule has 0 atom stereocenters. The third-order valence-corrected chi connectivity index (χ3v) is 4.12. The molecule has 0 spiro atoms. The van der Waals surface area contributed by atoms with Crippen molar-refractivity contribution in [2.45, 2.75) is 58.3 Å². The van der Waals surface area contributed by atoms with Crippen LogP contribution in [0, 0.1) is 5.92 Å². The van der Waals surface area contributed by atoms with Gasteiger partial charge in [-0.05, 0) is 36.0 Å². The highest BCUT2D eigenvalue weighted by Gasteiger charge is 2.16. The highest BCUT2D eigenvalue weighted by molar-refractivity contribution is 5.90. The Kier molecular flexibility index (Phi) is 5.00. The zero-order chi connectivity index (χ0) is 13.7. The summed E-state index contributed by atoms with van der Waals surface area (Å²) in [7, 11) is 0. The van der Waals surface area contributed by atoms with Crippen molar-refractivity contribution < 1.29 is 4.79 Å². The second-order valence-corrected chi connectivity index (χ2v) is 6.01. The van der Waals surface area contributed by atoms with Crippen LogP contribution in [-0.2, 0) is 4.79 Å². The van der Waals surface area contributed by atoms with Crippen LogP contribution in [0.1, 0.15) is 63.9 Å². The van der Waals surface area contributed by atoms with E-state index in [1.165, 1.54) is 31.2 Å². The fourth-order valence-corrected chi connectivity index (χ4v) is 2.81. The molecule has 1 aliphatic rings. The molecule has 0 radical (unpaired) electrons. The summed E-state index contributed by atoms with van der Waals surface area (Å²) in [5, 5.41) is 2.99. The lowest BCUT2D eigenvalue weighted by Gasteiger charge is -2.10. The number of anilines is 1. The molecular weight excluding hydrogens is 234 g/mol. The number of benzene rings is 1. The molecular formula is C17H25NO. The van der Waals surface area contributed by atoms with Gasteiger partial charge in [0.1, 0.15) is 0 Å². The van der Waals surface area contributed by atoms with Crippen LogP contribution in [0.5, 0.6) is 0 Å². The minimum absolute atomic E-state index is 0.157. The first-order chi connectivity index (χ1) is 9.15. The summed E-state index contributed by atoms with van der Waals surface area (Å²) in [6.07, 6.45) is 7.05. The minimum atomic E-state index is 0.157. The van der Waals surface area contributed by atoms with Crippen LogP contribution in [0.2, 0.25) is 0 Å². The molecule has 2 nitrogen and oxygen atoms in total. The zero-order valence-corrected chi connectivity index (χ0v) is 12.1. The predicted molar refractivity (Wildman–Crippen MR) is 80.4 cm³/mol. The van der Waals surface area contributed by atoms with E-state index >= 15 is 0 Å². The van der Waals surface area contributed by atoms with E-state index < -0.39 is 0 Å². The Morgan fingerprint density at radius 1 is 1.21 bits per heavy atom. The number of amides is 1. The number of nitrogens with one attached hydrogen (secondary N) is 1. The SMILES string of the molecule is CC(C)c1ccc(NC(=O)CCC2CCCC2)cc1. The van der Waals surface area contributed by atoms with Gasteiger partial charge in [-0.25, -0.2) is 0 Å². The van der Waals surface area contributed by atoms with E-state index in [1.807, 2.05) is 12.1 Å². The van der Waals surface area contributed by atoms with Gasteiger partial charge in [0.25, 0.3) is 0 Å². The molecule has 1 amide bonds. The molecule has 104 valence electrons. The standard InChI is InChI=1S/C17H25NO/c1-13(2)15-8-10-16(11-9-15)18-17(19)12-7-14-5-3-4-6-14/h8-11,13-14H,3-7,12H2,1-2H3,(H,18,19). The largest absolute Gasteiger partial charge is 0.326 e. The molecule has 1 fully saturated rings. The third kappa shape index (κ3) is 4.38. The van der Waals surface area contributed by atoms with Crippen molar-refractivity contribution in [2.24, 2.45) is 5.92 Å². The Labute approximate surface area is 116 Å². The highest BCUT2D eigenvalue weighted by atomic mass is 16.1. The van der Waals surface area contributed by atoms with Crippen LogP contribution >= 0.6 is 0 Å². The van der Waals surface area contributed by atoms with Crippen molar-refractivity contribution in [3.8, 4) is 0 Å². The molecule has 1 aromatic rings. The Morgan fingerprint density at radius 2 is 1.84 bits per heavy atom. The quantitative estimate of drug-likeness (QED) is 0.814. The van der Waals surface area contributed by atoms with Gasteiger partial charge in [-0.2, -0.15) is 0 Å². The van der Waals surface area contributed by atoms with Gasteiger partial charge in [0.05, 0.1) is 0 Å². The summed E-state index contributed by atoms with van der Waals surface area (Å²) in [4.78, 5) is 11.9. The van der Waals surface area contributed by atoms with Gasteiger partial charge < -0.3 is 5.32 Å². The van der Waals surface area contributed by atoms with Crippen molar-refractivity contribution in [1.29, 1.82) is 0 Å². The average Bonchev–Trinajstić information content (AvgIpc) is 2.90. The number of rotatable bonds is 5. The lowest BCUT2D eigenvalue weighted by Crippen LogP contribution is -2.12. The van der Waals surface area contributed by atoms with Crippen LogP contribution in [-0.4, -0.2) is 5.91 Å². The minimum Gasteiger partial charge on any atom is -0.326 e. The summed E-state index contributed by atoms with van der Waals surface area (Å²) in [5.74, 6) is 1.48. The van der Waals surface area contributed by atoms with Crippen molar-refractivity contribution in [3.63, 3.8) is 0 Å². The molecule has 0 aliphatic heterocycles. The molecule has 1 aliphatic carbocycles. The predicted octanol–water partition coefficient (Wildman–Crippen LogP) is 4.72. The van der Waals surface area contributed by atoms with Crippen LogP contribution in [0.25, 0.3) is 0 Å². The normalized spacial score (nSPS) is 15.9. The van der Waals surface area contributed by atoms with E-state index in [1.54, 1.807) is 0 Å². The number of hydrogen-bond acceptors (Lipinski definition) is 1. The van der Waals surface area contributed by atoms with Gasteiger partial charge in [0, 0.05) is 12.1 Å². The fourth-order valence-electron chi connectivity index (χ4n) is 2.81. The van der Waals surface area contributed by atoms with E-state index in [9.17, 15) is 4.79 Å². The summed E-state index contributed by atoms with van der Waals surface area (Å²) in [6.45, 7) is 4.35. The first kappa shape index (κ1) is 14.1. The first-order valence-corrected chi connectivity index (χ1v) is 7.55. The number of hydrogen-bond donors (Lipinski definition) is 1. The molecule has 0 unspecified atom stereocenters. The second kappa shape index (κ2) is 6.74. The van der Waals surface area contributed by atoms with E-state index in [4.69, 9.17) is 0 Å². The Balaban J connectivity index is 1.77. The second-order valence-electron chi connectivity index (χ2n) is 6.01. The lowest BCUT2D eigenvalue weighted by atomic mass is 10.0. The van der Waals surface area contributed by atoms with Crippen molar-refractivity contribution in [3.05, 3.63) is 29.8 Å². The summed E-state index contributed by atoms with van der Waals surface area (Å²) >= 11 is 0. The van der Waals surface area contributed by atoms with Crippen LogP contribution in [0.15, 0.2) is 24.3 Å². The number of carbonyl (C=O) groups excluding carboxylic acids is 1. The van der Waals surface area contributed by atoms with Crippen molar-refractivity contribution >= 4 is 11.6 Å². The van der Waals surface area contributed by atoms with Gasteiger partial charge in [-0.15, -0.1) is 0 Å². The van der Waals surface area contributed by atoms with E-state index in [0.717, 1.165) is 18.0 Å². The van der Waals surface area contributed by atoms with Crippen LogP contribution < -0.4 is 5.32 Å². The Morgan fingerprint density at radius 3 is 2.42 bits per heavy atom. The molecule has 0 heterocycles. The maximum absolute atomic E-state index is 11.9. The average molecular weight is 259 g/mol. The van der Waals surface area contributed by atoms with Gasteiger partial charge >= 0.3 is 0 Å². The van der Waals surface area contributed by atoms with Gasteiger partial charge in [-0.3, -0.25) is 4.79 Å². The van der Waals surface area contributed by atoms with Gasteiger partial charge in [0.15, 0.2) is 0 Å². The Bertz CT molecular complexity index is 402. The van der Waals surface area contributed by atoms with Crippen LogP contribution in [0.4, 0.5) is 5.69 Å². The van der Waals surface area contributed by atoms with Crippen molar-refractivity contribution in [1.82, 2.24) is 0 Å². The monoisotopic (exact) mass is 259 g/mol. The maximum Gasteiger partial charge on any atom is 0.224 e. The van der Waals surface area contributed by atoms with Gasteiger partial charge in [0.2, 0.25) is 5.91 Å². The molecule has 19 heavy (non-hydrogen) atoms. The highest BCUT2D eigenvalue weighted by Crippen LogP contribution is 2.28.